The molecular formula is C9H17O4Si. The molecule has 0 aromatic heterocycles. The molecule has 5 heteroatoms. The first kappa shape index (κ1) is 13.6. The van der Waals surface area contributed by atoms with Crippen molar-refractivity contribution in [2.75, 3.05) is 0 Å². The fourth-order valence-corrected chi connectivity index (χ4v) is 0.997. The third kappa shape index (κ3) is 7.05. The first-order chi connectivity index (χ1) is 6.45. The number of hydrogen-bond donors (Lipinski definition) is 0. The molecule has 0 aliphatic heterocycles. The van der Waals surface area contributed by atoms with Gasteiger partial charge in [0.1, 0.15) is 0 Å². The quantitative estimate of drug-likeness (QED) is 0.495. The number of hydrogen-bond acceptors (Lipinski definition) is 4. The molecule has 0 aromatic rings. The van der Waals surface area contributed by atoms with Gasteiger partial charge in [-0.05, 0) is 27.7 Å². The van der Waals surface area contributed by atoms with Crippen molar-refractivity contribution in [3.63, 3.8) is 0 Å². The molecule has 4 nitrogen and oxygen atoms in total. The Morgan fingerprint density at radius 2 is 1.57 bits per heavy atom. The molecule has 3 radical (unpaired) electrons. The van der Waals surface area contributed by atoms with Gasteiger partial charge in [-0.25, -0.2) is 0 Å². The fourth-order valence-electron chi connectivity index (χ4n) is 0.913. The summed E-state index contributed by atoms with van der Waals surface area (Å²) in [5.74, 6) is -0.409. The highest BCUT2D eigenvalue weighted by atomic mass is 28.2. The highest BCUT2D eigenvalue weighted by Crippen LogP contribution is 2.08. The van der Waals surface area contributed by atoms with Crippen molar-refractivity contribution in [1.29, 1.82) is 0 Å². The largest absolute Gasteiger partial charge is 0.516 e. The van der Waals surface area contributed by atoms with Gasteiger partial charge in [-0.1, -0.05) is 0 Å². The first-order valence-corrected chi connectivity index (χ1v) is 5.03. The maximum Gasteiger partial charge on any atom is 0.345 e. The summed E-state index contributed by atoms with van der Waals surface area (Å²) in [4.78, 5) is 11.0. The van der Waals surface area contributed by atoms with Crippen molar-refractivity contribution in [3.8, 4) is 0 Å². The molecular weight excluding hydrogens is 200 g/mol. The highest BCUT2D eigenvalue weighted by Gasteiger charge is 2.17. The van der Waals surface area contributed by atoms with E-state index in [9.17, 15) is 4.79 Å². The van der Waals surface area contributed by atoms with E-state index in [4.69, 9.17) is 9.47 Å². The Kier molecular flexibility index (Phi) is 6.78. The average Bonchev–Trinajstić information content (AvgIpc) is 2.01. The molecule has 0 heterocycles. The highest BCUT2D eigenvalue weighted by molar-refractivity contribution is 6.05. The predicted molar refractivity (Wildman–Crippen MR) is 52.7 cm³/mol. The van der Waals surface area contributed by atoms with Gasteiger partial charge in [0.15, 0.2) is 6.29 Å². The van der Waals surface area contributed by atoms with Crippen LogP contribution < -0.4 is 0 Å². The minimum absolute atomic E-state index is 0.0151. The van der Waals surface area contributed by atoms with Crippen LogP contribution in [0, 0.1) is 0 Å². The van der Waals surface area contributed by atoms with Crippen LogP contribution in [0.1, 0.15) is 34.1 Å². The first-order valence-electron chi connectivity index (χ1n) is 4.63. The van der Waals surface area contributed by atoms with Crippen LogP contribution in [0.3, 0.4) is 0 Å². The minimum Gasteiger partial charge on any atom is -0.516 e. The van der Waals surface area contributed by atoms with Crippen LogP contribution in [-0.4, -0.2) is 35.0 Å². The summed E-state index contributed by atoms with van der Waals surface area (Å²) in [6, 6.07) is 0. The van der Waals surface area contributed by atoms with Gasteiger partial charge in [-0.15, -0.1) is 0 Å². The number of ether oxygens (including phenoxy) is 2. The fraction of sp³-hybridized carbons (Fsp3) is 0.889. The van der Waals surface area contributed by atoms with E-state index < -0.39 is 12.3 Å². The lowest BCUT2D eigenvalue weighted by Crippen LogP contribution is -2.27. The molecule has 81 valence electrons. The standard InChI is InChI=1S/C9H17O4Si/c1-6(2)11-9(12-7(3)4)5-8(10)13-14/h6-7,9H,5H2,1-4H3. The van der Waals surface area contributed by atoms with Crippen LogP contribution in [0.15, 0.2) is 0 Å². The van der Waals surface area contributed by atoms with Gasteiger partial charge in [-0.2, -0.15) is 0 Å². The van der Waals surface area contributed by atoms with Crippen LogP contribution in [0.4, 0.5) is 0 Å². The molecule has 0 aliphatic rings. The van der Waals surface area contributed by atoms with E-state index in [0.717, 1.165) is 0 Å². The molecule has 0 spiro atoms. The Balaban J connectivity index is 4.03. The molecule has 0 aliphatic carbocycles. The van der Waals surface area contributed by atoms with Gasteiger partial charge in [-0.3, -0.25) is 4.79 Å². The molecule has 0 saturated heterocycles. The molecule has 0 atom stereocenters. The third-order valence-electron chi connectivity index (χ3n) is 1.30. The zero-order valence-corrected chi connectivity index (χ0v) is 10.1. The normalized spacial score (nSPS) is 11.4. The molecule has 0 saturated carbocycles. The monoisotopic (exact) mass is 217 g/mol. The third-order valence-corrected chi connectivity index (χ3v) is 1.52. The SMILES string of the molecule is CC(C)OC(CC(=O)O[Si])OC(C)C. The van der Waals surface area contributed by atoms with Crippen molar-refractivity contribution >= 4 is 16.5 Å². The average molecular weight is 217 g/mol. The van der Waals surface area contributed by atoms with E-state index in [0.29, 0.717) is 0 Å². The van der Waals surface area contributed by atoms with Gasteiger partial charge in [0.25, 0.3) is 5.97 Å². The maximum absolute atomic E-state index is 11.0. The zero-order valence-electron chi connectivity index (χ0n) is 9.07. The summed E-state index contributed by atoms with van der Waals surface area (Å²) in [5.41, 5.74) is 0. The molecule has 0 bridgehead atoms. The summed E-state index contributed by atoms with van der Waals surface area (Å²) in [6.07, 6.45) is -0.429. The number of carbonyl (C=O) groups is 1. The van der Waals surface area contributed by atoms with Crippen molar-refractivity contribution in [2.45, 2.75) is 52.6 Å². The van der Waals surface area contributed by atoms with Gasteiger partial charge in [0, 0.05) is 0 Å². The summed E-state index contributed by atoms with van der Waals surface area (Å²) >= 11 is 0. The van der Waals surface area contributed by atoms with E-state index in [-0.39, 0.29) is 18.6 Å². The Bertz CT molecular complexity index is 160. The zero-order chi connectivity index (χ0) is 11.1. The Hall–Kier alpha value is -0.393. The Morgan fingerprint density at radius 3 is 1.86 bits per heavy atom. The van der Waals surface area contributed by atoms with Crippen molar-refractivity contribution in [3.05, 3.63) is 0 Å². The molecule has 0 fully saturated rings. The maximum atomic E-state index is 11.0. The summed E-state index contributed by atoms with van der Waals surface area (Å²) in [5, 5.41) is 0. The lowest BCUT2D eigenvalue weighted by atomic mass is 10.4. The summed E-state index contributed by atoms with van der Waals surface area (Å²) in [7, 11) is 2.66. The van der Waals surface area contributed by atoms with E-state index in [2.05, 4.69) is 14.9 Å². The Morgan fingerprint density at radius 1 is 1.14 bits per heavy atom. The predicted octanol–water partition coefficient (Wildman–Crippen LogP) is 1.18. The van der Waals surface area contributed by atoms with Gasteiger partial charge in [0.05, 0.1) is 18.6 Å². The lowest BCUT2D eigenvalue weighted by molar-refractivity contribution is -0.190. The van der Waals surface area contributed by atoms with Gasteiger partial charge >= 0.3 is 10.5 Å². The second-order valence-corrected chi connectivity index (χ2v) is 3.68. The second-order valence-electron chi connectivity index (χ2n) is 3.48. The van der Waals surface area contributed by atoms with E-state index in [1.165, 1.54) is 0 Å². The van der Waals surface area contributed by atoms with Gasteiger partial charge < -0.3 is 13.9 Å². The summed E-state index contributed by atoms with van der Waals surface area (Å²) < 4.78 is 15.1. The smallest absolute Gasteiger partial charge is 0.345 e. The molecule has 0 unspecified atom stereocenters. The van der Waals surface area contributed by atoms with Gasteiger partial charge in [0.2, 0.25) is 0 Å². The van der Waals surface area contributed by atoms with Crippen LogP contribution in [0.2, 0.25) is 0 Å². The lowest BCUT2D eigenvalue weighted by Gasteiger charge is -2.21. The van der Waals surface area contributed by atoms with E-state index >= 15 is 0 Å². The molecule has 14 heavy (non-hydrogen) atoms. The second kappa shape index (κ2) is 6.97. The van der Waals surface area contributed by atoms with Crippen LogP contribution in [-0.2, 0) is 18.7 Å². The van der Waals surface area contributed by atoms with Crippen LogP contribution >= 0.6 is 0 Å². The number of rotatable bonds is 6. The topological polar surface area (TPSA) is 44.8 Å². The molecule has 0 N–H and O–H groups in total. The Labute approximate surface area is 88.5 Å². The minimum atomic E-state index is -0.543. The molecule has 0 rings (SSSR count). The van der Waals surface area contributed by atoms with Crippen molar-refractivity contribution < 1.29 is 18.7 Å². The summed E-state index contributed by atoms with van der Waals surface area (Å²) in [6.45, 7) is 7.54. The van der Waals surface area contributed by atoms with Crippen molar-refractivity contribution in [1.82, 2.24) is 0 Å². The number of carbonyl (C=O) groups excluding carboxylic acids is 1. The van der Waals surface area contributed by atoms with Crippen LogP contribution in [0.5, 0.6) is 0 Å². The van der Waals surface area contributed by atoms with E-state index in [1.54, 1.807) is 0 Å². The van der Waals surface area contributed by atoms with E-state index in [1.807, 2.05) is 27.7 Å². The van der Waals surface area contributed by atoms with Crippen LogP contribution in [0.25, 0.3) is 0 Å². The van der Waals surface area contributed by atoms with Crippen molar-refractivity contribution in [2.24, 2.45) is 0 Å². The molecule has 0 aromatic carbocycles. The molecule has 0 amide bonds.